The van der Waals surface area contributed by atoms with Gasteiger partial charge in [-0.15, -0.1) is 0 Å². The van der Waals surface area contributed by atoms with Gasteiger partial charge in [0, 0.05) is 32.5 Å². The first-order chi connectivity index (χ1) is 33.1. The van der Waals surface area contributed by atoms with Gasteiger partial charge in [-0.2, -0.15) is 0 Å². The first-order valence-electron chi connectivity index (χ1n) is 23.6. The SMILES string of the molecule is C[C@@H]1NC(=O)[C@H](CC(N)=O)NC(=O)[C@H](Cc2ccccc2)NC(=O)[C@H](Cc2ccccc2)NC(=O)[C@H](CCCNC(=N)N)NC(=O)[C@@H]2CCCN2C(=O)[C@H]2CCCN2C(=O)[C@H](CCCCN)NC1=O. The van der Waals surface area contributed by atoms with Crippen LogP contribution in [0.3, 0.4) is 0 Å². The summed E-state index contributed by atoms with van der Waals surface area (Å²) in [5.74, 6) is -7.04. The standard InChI is InChI=1S/C47H67N13O9/c1-28-39(62)55-32(17-8-9-21-48)45(68)60-24-12-20-37(60)46(69)59-23-11-19-36(59)44(67)54-31(18-10-22-52-47(50)51)40(63)56-33(25-29-13-4-2-5-14-29)42(65)57-34(26-30-15-6-3-7-16-30)43(66)58-35(27-38(49)61)41(64)53-28/h2-7,13-16,28,31-37H,8-12,17-27,48H2,1H3,(H2,49,61)(H,53,64)(H,54,67)(H,55,62)(H,56,63)(H,57,65)(H,58,66)(H4,50,51,52)/t28-,31-,32-,33-,34-,35-,36-,37+/m0/s1. The molecule has 8 atom stereocenters. The Labute approximate surface area is 401 Å². The van der Waals surface area contributed by atoms with E-state index in [1.807, 2.05) is 0 Å². The van der Waals surface area contributed by atoms with Crippen LogP contribution in [0, 0.1) is 5.41 Å². The monoisotopic (exact) mass is 958 g/mol. The molecule has 0 radical (unpaired) electrons. The summed E-state index contributed by atoms with van der Waals surface area (Å²) in [6.45, 7) is 2.25. The van der Waals surface area contributed by atoms with E-state index in [4.69, 9.17) is 22.6 Å². The molecule has 0 bridgehead atoms. The lowest BCUT2D eigenvalue weighted by molar-refractivity contribution is -0.148. The highest BCUT2D eigenvalue weighted by Gasteiger charge is 2.44. The first kappa shape index (κ1) is 52.9. The number of primary amides is 1. The molecule has 2 aromatic rings. The predicted molar refractivity (Wildman–Crippen MR) is 253 cm³/mol. The van der Waals surface area contributed by atoms with Crippen LogP contribution in [0.25, 0.3) is 0 Å². The fraction of sp³-hybridized carbons (Fsp3) is 0.532. The highest BCUT2D eigenvalue weighted by atomic mass is 16.2. The molecule has 22 heteroatoms. The normalized spacial score (nSPS) is 25.7. The fourth-order valence-electron chi connectivity index (χ4n) is 8.82. The molecule has 0 saturated carbocycles. The zero-order valence-corrected chi connectivity index (χ0v) is 39.0. The molecule has 2 aromatic carbocycles. The van der Waals surface area contributed by atoms with Crippen LogP contribution in [-0.2, 0) is 56.0 Å². The number of nitrogens with zero attached hydrogens (tertiary/aromatic N) is 2. The molecule has 5 rings (SSSR count). The minimum absolute atomic E-state index is 0.0152. The Kier molecular flexibility index (Phi) is 19.8. The Morgan fingerprint density at radius 3 is 1.62 bits per heavy atom. The summed E-state index contributed by atoms with van der Waals surface area (Å²) in [7, 11) is 0. The van der Waals surface area contributed by atoms with Gasteiger partial charge in [-0.3, -0.25) is 48.6 Å². The van der Waals surface area contributed by atoms with E-state index < -0.39 is 108 Å². The molecule has 0 unspecified atom stereocenters. The average molecular weight is 958 g/mol. The van der Waals surface area contributed by atoms with E-state index in [0.29, 0.717) is 49.8 Å². The van der Waals surface area contributed by atoms with E-state index in [-0.39, 0.29) is 64.1 Å². The van der Waals surface area contributed by atoms with Crippen molar-refractivity contribution in [1.29, 1.82) is 5.41 Å². The molecule has 3 heterocycles. The Morgan fingerprint density at radius 1 is 0.594 bits per heavy atom. The molecule has 0 spiro atoms. The van der Waals surface area contributed by atoms with Gasteiger partial charge in [-0.25, -0.2) is 0 Å². The van der Waals surface area contributed by atoms with Crippen molar-refractivity contribution in [2.24, 2.45) is 17.2 Å². The second-order valence-corrected chi connectivity index (χ2v) is 17.7. The largest absolute Gasteiger partial charge is 0.370 e. The summed E-state index contributed by atoms with van der Waals surface area (Å²) >= 11 is 0. The van der Waals surface area contributed by atoms with Crippen molar-refractivity contribution in [2.75, 3.05) is 26.2 Å². The first-order valence-corrected chi connectivity index (χ1v) is 23.6. The zero-order valence-electron chi connectivity index (χ0n) is 39.0. The van der Waals surface area contributed by atoms with Gasteiger partial charge in [0.2, 0.25) is 53.2 Å². The molecule has 69 heavy (non-hydrogen) atoms. The zero-order chi connectivity index (χ0) is 50.0. The Morgan fingerprint density at radius 2 is 1.07 bits per heavy atom. The molecule has 0 aromatic heterocycles. The molecule has 3 aliphatic heterocycles. The Balaban J connectivity index is 1.55. The number of fused-ring (bicyclic) bond motifs is 2. The number of hydrogen-bond acceptors (Lipinski definition) is 11. The predicted octanol–water partition coefficient (Wildman–Crippen LogP) is -2.34. The van der Waals surface area contributed by atoms with Crippen LogP contribution in [0.4, 0.5) is 0 Å². The highest BCUT2D eigenvalue weighted by Crippen LogP contribution is 2.26. The van der Waals surface area contributed by atoms with Crippen molar-refractivity contribution in [2.45, 2.75) is 132 Å². The second kappa shape index (κ2) is 25.9. The second-order valence-electron chi connectivity index (χ2n) is 17.7. The fourth-order valence-corrected chi connectivity index (χ4v) is 8.82. The molecule has 3 fully saturated rings. The van der Waals surface area contributed by atoms with Gasteiger partial charge in [0.05, 0.1) is 6.42 Å². The minimum atomic E-state index is -1.62. The number of hydrogen-bond donors (Lipinski definition) is 11. The van der Waals surface area contributed by atoms with Gasteiger partial charge in [-0.05, 0) is 82.4 Å². The summed E-state index contributed by atoms with van der Waals surface area (Å²) in [5.41, 5.74) is 18.0. The van der Waals surface area contributed by atoms with Crippen molar-refractivity contribution in [1.82, 2.24) is 47.0 Å². The van der Waals surface area contributed by atoms with E-state index in [1.165, 1.54) is 16.7 Å². The number of rotatable bonds is 14. The van der Waals surface area contributed by atoms with Gasteiger partial charge in [-0.1, -0.05) is 60.7 Å². The maximum absolute atomic E-state index is 14.5. The van der Waals surface area contributed by atoms with Crippen LogP contribution in [0.15, 0.2) is 60.7 Å². The number of benzene rings is 2. The molecule has 9 amide bonds. The van der Waals surface area contributed by atoms with Crippen LogP contribution in [0.1, 0.15) is 82.3 Å². The third-order valence-electron chi connectivity index (χ3n) is 12.5. The number of nitrogens with two attached hydrogens (primary N) is 3. The van der Waals surface area contributed by atoms with Crippen LogP contribution in [-0.4, -0.2) is 143 Å². The molecule has 0 aliphatic carbocycles. The van der Waals surface area contributed by atoms with Gasteiger partial charge < -0.3 is 64.2 Å². The van der Waals surface area contributed by atoms with Gasteiger partial charge in [0.25, 0.3) is 0 Å². The van der Waals surface area contributed by atoms with Crippen LogP contribution < -0.4 is 54.4 Å². The van der Waals surface area contributed by atoms with E-state index in [2.05, 4.69) is 37.2 Å². The number of guanidine groups is 1. The summed E-state index contributed by atoms with van der Waals surface area (Å²) in [4.78, 5) is 129. The van der Waals surface area contributed by atoms with Crippen LogP contribution in [0.2, 0.25) is 0 Å². The molecule has 3 aliphatic rings. The lowest BCUT2D eigenvalue weighted by Crippen LogP contribution is -2.61. The maximum Gasteiger partial charge on any atom is 0.246 e. The maximum atomic E-state index is 14.5. The number of carbonyl (C=O) groups is 9. The Bertz CT molecular complexity index is 2160. The van der Waals surface area contributed by atoms with Gasteiger partial charge >= 0.3 is 0 Å². The van der Waals surface area contributed by atoms with Crippen molar-refractivity contribution in [3.63, 3.8) is 0 Å². The summed E-state index contributed by atoms with van der Waals surface area (Å²) in [5, 5.41) is 26.3. The number of unbranched alkanes of at least 4 members (excludes halogenated alkanes) is 1. The van der Waals surface area contributed by atoms with E-state index in [0.717, 1.165) is 0 Å². The van der Waals surface area contributed by atoms with Crippen molar-refractivity contribution in [3.8, 4) is 0 Å². The number of amides is 9. The highest BCUT2D eigenvalue weighted by molar-refractivity contribution is 6.00. The lowest BCUT2D eigenvalue weighted by atomic mass is 10.0. The number of carbonyl (C=O) groups excluding carboxylic acids is 9. The molecule has 22 nitrogen and oxygen atoms in total. The van der Waals surface area contributed by atoms with Crippen LogP contribution >= 0.6 is 0 Å². The third-order valence-corrected chi connectivity index (χ3v) is 12.5. The Hall–Kier alpha value is -7.10. The minimum Gasteiger partial charge on any atom is -0.370 e. The van der Waals surface area contributed by atoms with E-state index >= 15 is 0 Å². The molecular formula is C47H67N13O9. The molecule has 374 valence electrons. The van der Waals surface area contributed by atoms with Gasteiger partial charge in [0.15, 0.2) is 5.96 Å². The van der Waals surface area contributed by atoms with Crippen molar-refractivity contribution >= 4 is 59.1 Å². The average Bonchev–Trinajstić information content (AvgIpc) is 4.03. The summed E-state index contributed by atoms with van der Waals surface area (Å²) in [6, 6.07) is 7.36. The molecule has 14 N–H and O–H groups in total. The van der Waals surface area contributed by atoms with E-state index in [9.17, 15) is 43.2 Å². The summed E-state index contributed by atoms with van der Waals surface area (Å²) < 4.78 is 0. The van der Waals surface area contributed by atoms with Gasteiger partial charge in [0.1, 0.15) is 48.3 Å². The van der Waals surface area contributed by atoms with Crippen molar-refractivity contribution in [3.05, 3.63) is 71.8 Å². The quantitative estimate of drug-likeness (QED) is 0.0540. The third kappa shape index (κ3) is 15.5. The summed E-state index contributed by atoms with van der Waals surface area (Å²) in [6.07, 6.45) is 2.00. The molecule has 3 saturated heterocycles. The topological polar surface area (TPSA) is 346 Å². The van der Waals surface area contributed by atoms with Crippen LogP contribution in [0.5, 0.6) is 0 Å². The molecular weight excluding hydrogens is 891 g/mol. The smallest absolute Gasteiger partial charge is 0.246 e. The van der Waals surface area contributed by atoms with E-state index in [1.54, 1.807) is 60.7 Å². The lowest BCUT2D eigenvalue weighted by Gasteiger charge is -2.33. The number of nitrogens with one attached hydrogen (secondary N) is 8. The van der Waals surface area contributed by atoms with Crippen molar-refractivity contribution < 1.29 is 43.2 Å².